The van der Waals surface area contributed by atoms with Crippen molar-refractivity contribution in [3.63, 3.8) is 0 Å². The molecule has 0 aliphatic carbocycles. The number of esters is 1. The molecule has 0 heterocycles. The second kappa shape index (κ2) is 10.4. The molecule has 0 unspecified atom stereocenters. The smallest absolute Gasteiger partial charge is 0.338 e. The molecule has 0 atom stereocenters. The van der Waals surface area contributed by atoms with Crippen LogP contribution in [0.4, 0.5) is 5.69 Å². The number of ether oxygens (including phenoxy) is 3. The number of carbonyl (C=O) groups excluding carboxylic acids is 2. The van der Waals surface area contributed by atoms with Crippen molar-refractivity contribution in [3.8, 4) is 17.2 Å². The van der Waals surface area contributed by atoms with Crippen molar-refractivity contribution in [3.05, 3.63) is 57.1 Å². The number of carbonyl (C=O) groups is 2. The van der Waals surface area contributed by atoms with E-state index in [1.807, 2.05) is 13.8 Å². The number of methoxy groups -OCH3 is 1. The Bertz CT molecular complexity index is 945. The Kier molecular flexibility index (Phi) is 7.99. The van der Waals surface area contributed by atoms with Gasteiger partial charge in [0.05, 0.1) is 17.6 Å². The third-order valence-electron chi connectivity index (χ3n) is 4.18. The first-order chi connectivity index (χ1) is 14.3. The van der Waals surface area contributed by atoms with Crippen molar-refractivity contribution in [2.45, 2.75) is 13.8 Å². The second-order valence-electron chi connectivity index (χ2n) is 5.98. The maximum Gasteiger partial charge on any atom is 0.338 e. The van der Waals surface area contributed by atoms with E-state index >= 15 is 0 Å². The number of nitro groups is 1. The second-order valence-corrected chi connectivity index (χ2v) is 6.42. The van der Waals surface area contributed by atoms with E-state index in [-0.39, 0.29) is 46.0 Å². The van der Waals surface area contributed by atoms with E-state index in [2.05, 4.69) is 0 Å². The molecule has 1 amide bonds. The molecule has 0 radical (unpaired) electrons. The van der Waals surface area contributed by atoms with Crippen LogP contribution in [-0.2, 0) is 9.53 Å². The minimum Gasteiger partial charge on any atom is -0.493 e. The summed E-state index contributed by atoms with van der Waals surface area (Å²) in [6.07, 6.45) is 0. The average molecular weight is 437 g/mol. The van der Waals surface area contributed by atoms with Crippen molar-refractivity contribution in [2.24, 2.45) is 0 Å². The van der Waals surface area contributed by atoms with Crippen molar-refractivity contribution >= 4 is 29.2 Å². The van der Waals surface area contributed by atoms with Gasteiger partial charge < -0.3 is 19.1 Å². The molecular formula is C20H21ClN2O7. The van der Waals surface area contributed by atoms with Crippen molar-refractivity contribution in [1.82, 2.24) is 4.90 Å². The van der Waals surface area contributed by atoms with Gasteiger partial charge in [-0.15, -0.1) is 0 Å². The maximum absolute atomic E-state index is 12.3. The summed E-state index contributed by atoms with van der Waals surface area (Å²) in [7, 11) is 1.36. The summed E-state index contributed by atoms with van der Waals surface area (Å²) >= 11 is 5.80. The first-order valence-corrected chi connectivity index (χ1v) is 9.43. The highest BCUT2D eigenvalue weighted by molar-refractivity contribution is 6.30. The third kappa shape index (κ3) is 5.60. The van der Waals surface area contributed by atoms with Crippen LogP contribution in [0.2, 0.25) is 5.02 Å². The molecule has 30 heavy (non-hydrogen) atoms. The van der Waals surface area contributed by atoms with Gasteiger partial charge in [-0.1, -0.05) is 11.6 Å². The lowest BCUT2D eigenvalue weighted by Gasteiger charge is -2.18. The summed E-state index contributed by atoms with van der Waals surface area (Å²) < 4.78 is 15.9. The van der Waals surface area contributed by atoms with Gasteiger partial charge in [0.25, 0.3) is 5.91 Å². The van der Waals surface area contributed by atoms with Crippen LogP contribution in [-0.4, -0.2) is 48.5 Å². The summed E-state index contributed by atoms with van der Waals surface area (Å²) in [5.74, 6) is -0.738. The van der Waals surface area contributed by atoms with Crippen molar-refractivity contribution in [2.75, 3.05) is 26.8 Å². The molecule has 2 aromatic carbocycles. The van der Waals surface area contributed by atoms with E-state index in [1.165, 1.54) is 43.5 Å². The van der Waals surface area contributed by atoms with E-state index in [4.69, 9.17) is 25.8 Å². The monoisotopic (exact) mass is 436 g/mol. The molecule has 2 aromatic rings. The molecule has 0 saturated heterocycles. The highest BCUT2D eigenvalue weighted by Crippen LogP contribution is 2.37. The number of nitro benzene ring substituents is 1. The maximum atomic E-state index is 12.3. The van der Waals surface area contributed by atoms with Crippen LogP contribution in [0.3, 0.4) is 0 Å². The number of hydrogen-bond acceptors (Lipinski definition) is 7. The van der Waals surface area contributed by atoms with Crippen LogP contribution in [0.1, 0.15) is 24.2 Å². The number of rotatable bonds is 9. The highest BCUT2D eigenvalue weighted by atomic mass is 35.5. The molecule has 2 rings (SSSR count). The van der Waals surface area contributed by atoms with Gasteiger partial charge in [-0.05, 0) is 44.2 Å². The van der Waals surface area contributed by atoms with E-state index in [9.17, 15) is 19.7 Å². The molecule has 0 spiro atoms. The van der Waals surface area contributed by atoms with E-state index in [0.717, 1.165) is 0 Å². The van der Waals surface area contributed by atoms with Gasteiger partial charge in [-0.2, -0.15) is 0 Å². The molecule has 0 bridgehead atoms. The molecule has 0 aliphatic rings. The van der Waals surface area contributed by atoms with Crippen LogP contribution in [0, 0.1) is 10.1 Å². The lowest BCUT2D eigenvalue weighted by atomic mass is 10.2. The normalized spacial score (nSPS) is 10.3. The van der Waals surface area contributed by atoms with Gasteiger partial charge >= 0.3 is 11.7 Å². The number of likely N-dealkylation sites (N-methyl/N-ethyl adjacent to an activating group) is 1. The lowest BCUT2D eigenvalue weighted by Crippen LogP contribution is -2.34. The molecule has 0 saturated carbocycles. The van der Waals surface area contributed by atoms with Crippen LogP contribution in [0.15, 0.2) is 36.4 Å². The molecule has 10 heteroatoms. The first kappa shape index (κ1) is 23.0. The highest BCUT2D eigenvalue weighted by Gasteiger charge is 2.20. The Hall–Kier alpha value is -3.33. The summed E-state index contributed by atoms with van der Waals surface area (Å²) in [6.45, 7) is 4.32. The molecule has 0 aliphatic heterocycles. The number of halogens is 1. The Morgan fingerprint density at radius 2 is 1.73 bits per heavy atom. The topological polar surface area (TPSA) is 108 Å². The fourth-order valence-electron chi connectivity index (χ4n) is 2.60. The van der Waals surface area contributed by atoms with E-state index < -0.39 is 10.9 Å². The fourth-order valence-corrected chi connectivity index (χ4v) is 2.76. The Labute approximate surface area is 178 Å². The predicted molar refractivity (Wildman–Crippen MR) is 109 cm³/mol. The van der Waals surface area contributed by atoms with Crippen molar-refractivity contribution in [1.29, 1.82) is 0 Å². The molecule has 9 nitrogen and oxygen atoms in total. The quantitative estimate of drug-likeness (QED) is 0.331. The van der Waals surface area contributed by atoms with Crippen LogP contribution in [0.25, 0.3) is 0 Å². The first-order valence-electron chi connectivity index (χ1n) is 9.05. The number of amides is 1. The summed E-state index contributed by atoms with van der Waals surface area (Å²) in [4.78, 5) is 36.4. The Morgan fingerprint density at radius 1 is 1.07 bits per heavy atom. The Morgan fingerprint density at radius 3 is 2.33 bits per heavy atom. The Balaban J connectivity index is 2.18. The molecule has 160 valence electrons. The number of nitrogens with zero attached hydrogens (tertiary/aromatic N) is 2. The van der Waals surface area contributed by atoms with Gasteiger partial charge in [0.1, 0.15) is 0 Å². The SMILES string of the molecule is CCN(CC)C(=O)COC(=O)c1ccc(Oc2ccc(Cl)cc2[N+](=O)[O-])c(OC)c1. The largest absolute Gasteiger partial charge is 0.493 e. The molecular weight excluding hydrogens is 416 g/mol. The zero-order valence-corrected chi connectivity index (χ0v) is 17.5. The van der Waals surface area contributed by atoms with E-state index in [1.54, 1.807) is 4.90 Å². The van der Waals surface area contributed by atoms with Crippen LogP contribution in [0.5, 0.6) is 17.2 Å². The minimum atomic E-state index is -0.710. The average Bonchev–Trinajstić information content (AvgIpc) is 2.74. The number of hydrogen-bond donors (Lipinski definition) is 0. The molecule has 0 aromatic heterocycles. The zero-order chi connectivity index (χ0) is 22.3. The molecule has 0 fully saturated rings. The molecule has 0 N–H and O–H groups in total. The third-order valence-corrected chi connectivity index (χ3v) is 4.41. The van der Waals surface area contributed by atoms with Crippen LogP contribution < -0.4 is 9.47 Å². The number of benzene rings is 2. The fraction of sp³-hybridized carbons (Fsp3) is 0.300. The minimum absolute atomic E-state index is 0.0390. The van der Waals surface area contributed by atoms with Gasteiger partial charge in [-0.25, -0.2) is 4.79 Å². The van der Waals surface area contributed by atoms with Crippen LogP contribution >= 0.6 is 11.6 Å². The zero-order valence-electron chi connectivity index (χ0n) is 16.7. The lowest BCUT2D eigenvalue weighted by molar-refractivity contribution is -0.385. The van der Waals surface area contributed by atoms with Gasteiger partial charge in [0.2, 0.25) is 5.75 Å². The van der Waals surface area contributed by atoms with E-state index in [0.29, 0.717) is 13.1 Å². The van der Waals surface area contributed by atoms with Gasteiger partial charge in [0, 0.05) is 24.2 Å². The van der Waals surface area contributed by atoms with Gasteiger partial charge in [0.15, 0.2) is 18.1 Å². The standard InChI is InChI=1S/C20H21ClN2O7/c1-4-22(5-2)19(24)12-29-20(25)13-6-8-17(18(10-13)28-3)30-16-9-7-14(21)11-15(16)23(26)27/h6-11H,4-5,12H2,1-3H3. The predicted octanol–water partition coefficient (Wildman–Crippen LogP) is 4.07. The summed E-state index contributed by atoms with van der Waals surface area (Å²) in [5, 5.41) is 11.4. The summed E-state index contributed by atoms with van der Waals surface area (Å²) in [6, 6.07) is 8.17. The van der Waals surface area contributed by atoms with Crippen molar-refractivity contribution < 1.29 is 28.7 Å². The van der Waals surface area contributed by atoms with Gasteiger partial charge in [-0.3, -0.25) is 14.9 Å². The summed E-state index contributed by atoms with van der Waals surface area (Å²) in [5.41, 5.74) is -0.180.